The van der Waals surface area contributed by atoms with Crippen LogP contribution >= 0.6 is 0 Å². The van der Waals surface area contributed by atoms with E-state index >= 15 is 8.78 Å². The third kappa shape index (κ3) is 6.03. The van der Waals surface area contributed by atoms with Gasteiger partial charge in [0.1, 0.15) is 36.4 Å². The lowest BCUT2D eigenvalue weighted by Gasteiger charge is -2.11. The quantitative estimate of drug-likeness (QED) is 0.202. The molecule has 0 unspecified atom stereocenters. The number of benzene rings is 3. The van der Waals surface area contributed by atoms with Crippen LogP contribution in [0.3, 0.4) is 0 Å². The Morgan fingerprint density at radius 1 is 0.864 bits per heavy atom. The maximum Gasteiger partial charge on any atom is 0.236 e. The van der Waals surface area contributed by atoms with Gasteiger partial charge in [-0.2, -0.15) is 0 Å². The van der Waals surface area contributed by atoms with Gasteiger partial charge in [-0.25, -0.2) is 23.1 Å². The normalized spacial score (nSPS) is 11.5. The second-order valence-corrected chi connectivity index (χ2v) is 10.3. The summed E-state index contributed by atoms with van der Waals surface area (Å²) in [7, 11) is 0. The fourth-order valence-corrected chi connectivity index (χ4v) is 4.85. The number of rotatable bonds is 9. The Kier molecular flexibility index (Phi) is 7.85. The molecule has 3 aromatic heterocycles. The van der Waals surface area contributed by atoms with E-state index in [-0.39, 0.29) is 53.7 Å². The fraction of sp³-hybridized carbons (Fsp3) is 0.188. The molecule has 0 fully saturated rings. The van der Waals surface area contributed by atoms with Crippen molar-refractivity contribution >= 4 is 11.0 Å². The van der Waals surface area contributed by atoms with Crippen molar-refractivity contribution in [3.63, 3.8) is 0 Å². The van der Waals surface area contributed by atoms with Crippen molar-refractivity contribution in [2.75, 3.05) is 0 Å². The molecule has 12 heteroatoms. The molecular formula is C32H26F3N5O4. The minimum Gasteiger partial charge on any atom is -0.473 e. The molecule has 2 N–H and O–H groups in total. The van der Waals surface area contributed by atoms with Crippen LogP contribution in [-0.4, -0.2) is 34.9 Å². The van der Waals surface area contributed by atoms with Crippen LogP contribution in [0.4, 0.5) is 13.2 Å². The largest absolute Gasteiger partial charge is 0.473 e. The summed E-state index contributed by atoms with van der Waals surface area (Å²) < 4.78 is 58.0. The molecule has 0 aliphatic rings. The van der Waals surface area contributed by atoms with Crippen LogP contribution in [0.25, 0.3) is 22.3 Å². The van der Waals surface area contributed by atoms with Crippen molar-refractivity contribution in [1.82, 2.24) is 24.7 Å². The average molecular weight is 602 g/mol. The van der Waals surface area contributed by atoms with Gasteiger partial charge in [-0.3, -0.25) is 0 Å². The molecule has 0 saturated carbocycles. The Morgan fingerprint density at radius 2 is 1.68 bits per heavy atom. The van der Waals surface area contributed by atoms with Gasteiger partial charge in [0, 0.05) is 36.1 Å². The monoisotopic (exact) mass is 601 g/mol. The highest BCUT2D eigenvalue weighted by Crippen LogP contribution is 2.29. The number of nitrogens with zero attached hydrogens (tertiary/aromatic N) is 5. The van der Waals surface area contributed by atoms with Crippen molar-refractivity contribution in [3.05, 3.63) is 124 Å². The fourth-order valence-electron chi connectivity index (χ4n) is 4.85. The van der Waals surface area contributed by atoms with Crippen LogP contribution in [-0.2, 0) is 19.6 Å². The van der Waals surface area contributed by atoms with Crippen molar-refractivity contribution < 1.29 is 32.5 Å². The molecular weight excluding hydrogens is 575 g/mol. The number of hydrogen-bond donors (Lipinski definition) is 2. The van der Waals surface area contributed by atoms with Crippen molar-refractivity contribution in [2.24, 2.45) is 0 Å². The highest BCUT2D eigenvalue weighted by molar-refractivity contribution is 5.77. The van der Waals surface area contributed by atoms with E-state index in [1.807, 2.05) is 0 Å². The number of fused-ring (bicyclic) bond motifs is 1. The first-order chi connectivity index (χ1) is 21.1. The Balaban J connectivity index is 1.29. The zero-order valence-electron chi connectivity index (χ0n) is 23.6. The minimum absolute atomic E-state index is 0.0363. The molecule has 0 amide bonds. The predicted molar refractivity (Wildman–Crippen MR) is 153 cm³/mol. The van der Waals surface area contributed by atoms with E-state index in [1.165, 1.54) is 18.2 Å². The molecule has 224 valence electrons. The van der Waals surface area contributed by atoms with Crippen LogP contribution in [0.15, 0.2) is 71.1 Å². The van der Waals surface area contributed by atoms with Crippen LogP contribution < -0.4 is 4.74 Å². The zero-order chi connectivity index (χ0) is 31.0. The van der Waals surface area contributed by atoms with Crippen LogP contribution in [0.5, 0.6) is 5.88 Å². The molecule has 0 atom stereocenters. The topological polar surface area (TPSA) is 119 Å². The summed E-state index contributed by atoms with van der Waals surface area (Å²) in [6.07, 6.45) is -1.81. The van der Waals surface area contributed by atoms with Gasteiger partial charge in [-0.1, -0.05) is 24.3 Å². The van der Waals surface area contributed by atoms with Gasteiger partial charge in [0.25, 0.3) is 0 Å². The number of hydrogen-bond acceptors (Lipinski definition) is 8. The molecule has 3 aromatic carbocycles. The summed E-state index contributed by atoms with van der Waals surface area (Å²) in [5.41, 5.74) is 2.48. The highest BCUT2D eigenvalue weighted by atomic mass is 19.1. The lowest BCUT2D eigenvalue weighted by Crippen LogP contribution is -2.08. The molecule has 6 aromatic rings. The first-order valence-electron chi connectivity index (χ1n) is 13.6. The van der Waals surface area contributed by atoms with Gasteiger partial charge < -0.3 is 23.9 Å². The van der Waals surface area contributed by atoms with Gasteiger partial charge in [-0.05, 0) is 54.4 Å². The molecule has 0 aliphatic carbocycles. The van der Waals surface area contributed by atoms with E-state index < -0.39 is 23.7 Å². The molecule has 0 radical (unpaired) electrons. The summed E-state index contributed by atoms with van der Waals surface area (Å²) in [4.78, 5) is 8.90. The molecule has 44 heavy (non-hydrogen) atoms. The summed E-state index contributed by atoms with van der Waals surface area (Å²) >= 11 is 0. The highest BCUT2D eigenvalue weighted by Gasteiger charge is 2.20. The molecule has 0 saturated heterocycles. The Labute approximate surface area is 249 Å². The van der Waals surface area contributed by atoms with Crippen molar-refractivity contribution in [3.8, 4) is 17.1 Å². The smallest absolute Gasteiger partial charge is 0.236 e. The van der Waals surface area contributed by atoms with Gasteiger partial charge in [-0.15, -0.1) is 10.2 Å². The Hall–Kier alpha value is -5.07. The molecule has 0 bridgehead atoms. The van der Waals surface area contributed by atoms with Crippen LogP contribution in [0, 0.1) is 31.3 Å². The molecule has 0 aliphatic heterocycles. The third-order valence-corrected chi connectivity index (χ3v) is 7.08. The summed E-state index contributed by atoms with van der Waals surface area (Å²) in [6, 6.07) is 16.3. The Bertz CT molecular complexity index is 1990. The van der Waals surface area contributed by atoms with E-state index in [0.29, 0.717) is 28.3 Å². The molecule has 0 spiro atoms. The van der Waals surface area contributed by atoms with Crippen LogP contribution in [0.2, 0.25) is 0 Å². The van der Waals surface area contributed by atoms with Gasteiger partial charge in [0.2, 0.25) is 17.7 Å². The van der Waals surface area contributed by atoms with Gasteiger partial charge in [0.05, 0.1) is 16.7 Å². The van der Waals surface area contributed by atoms with E-state index in [1.54, 1.807) is 54.8 Å². The summed E-state index contributed by atoms with van der Waals surface area (Å²) in [6.45, 7) is 3.42. The lowest BCUT2D eigenvalue weighted by atomic mass is 10.0. The van der Waals surface area contributed by atoms with Crippen LogP contribution in [0.1, 0.15) is 46.1 Å². The first-order valence-corrected chi connectivity index (χ1v) is 13.6. The second kappa shape index (κ2) is 11.9. The second-order valence-electron chi connectivity index (χ2n) is 10.3. The van der Waals surface area contributed by atoms with Crippen molar-refractivity contribution in [1.29, 1.82) is 0 Å². The van der Waals surface area contributed by atoms with E-state index in [0.717, 1.165) is 17.7 Å². The average Bonchev–Trinajstić information content (AvgIpc) is 3.56. The molecule has 3 heterocycles. The van der Waals surface area contributed by atoms with E-state index in [2.05, 4.69) is 20.2 Å². The summed E-state index contributed by atoms with van der Waals surface area (Å²) in [5, 5.41) is 27.2. The van der Waals surface area contributed by atoms with Crippen molar-refractivity contribution in [2.45, 2.75) is 39.7 Å². The summed E-state index contributed by atoms with van der Waals surface area (Å²) in [5.74, 6) is -0.694. The lowest BCUT2D eigenvalue weighted by molar-refractivity contribution is -0.0424. The zero-order valence-corrected chi connectivity index (χ0v) is 23.6. The number of aryl methyl sites for hydroxylation is 2. The third-order valence-electron chi connectivity index (χ3n) is 7.08. The number of pyridine rings is 1. The number of aliphatic hydroxyl groups excluding tert-OH is 1. The molecule has 9 nitrogen and oxygen atoms in total. The standard InChI is InChI=1S/C32H26F3N5O4/c1-17-6-7-20(23(33)10-17)16-43-30-5-3-4-26(37-30)22-14-24(34)21(11-25(22)35)13-29-36-27-9-8-19(32(41)42)12-28(27)40(29)15-31-39-38-18(2)44-31/h3-12,14,32,41-42H,13,15-16H2,1-2H3. The molecule has 6 rings (SSSR count). The maximum atomic E-state index is 15.5. The van der Waals surface area contributed by atoms with E-state index in [4.69, 9.17) is 9.15 Å². The Morgan fingerprint density at radius 3 is 2.43 bits per heavy atom. The number of aromatic nitrogens is 5. The number of halogens is 3. The number of ether oxygens (including phenoxy) is 1. The van der Waals surface area contributed by atoms with Gasteiger partial charge in [0.15, 0.2) is 6.29 Å². The minimum atomic E-state index is -1.71. The number of imidazole rings is 1. The number of aliphatic hydroxyl groups is 2. The maximum absolute atomic E-state index is 15.5. The van der Waals surface area contributed by atoms with E-state index in [9.17, 15) is 14.6 Å². The predicted octanol–water partition coefficient (Wildman–Crippen LogP) is 5.72. The van der Waals surface area contributed by atoms with Gasteiger partial charge >= 0.3 is 0 Å². The first kappa shape index (κ1) is 29.0. The SMILES string of the molecule is Cc1ccc(COc2cccc(-c3cc(F)c(Cc4nc5ccc(C(O)O)cc5n4Cc4nnc(C)o4)cc3F)n2)c(F)c1.